The summed E-state index contributed by atoms with van der Waals surface area (Å²) in [5.41, 5.74) is 4.50. The van der Waals surface area contributed by atoms with Gasteiger partial charge in [0.25, 0.3) is 0 Å². The number of rotatable bonds is 3. The van der Waals surface area contributed by atoms with Crippen molar-refractivity contribution in [2.45, 2.75) is 27.2 Å². The molecule has 0 aliphatic rings. The van der Waals surface area contributed by atoms with E-state index in [0.717, 1.165) is 6.54 Å². The van der Waals surface area contributed by atoms with Crippen LogP contribution in [0.25, 0.3) is 0 Å². The standard InChI is InChI=1S/C3H7NO2.C3H9N.C3H8.CH5N/c1-4-2-3(5)6;1-3-4-2;1-3-2;1-2/h4H,2H2,1H3,(H,5,6);4H,3H2,1-2H3;3H2,1-2H3;2H2,1H3. The number of carbonyl (C=O) groups is 1. The molecule has 5 nitrogen and oxygen atoms in total. The Balaban J connectivity index is -0.0000000590. The Morgan fingerprint density at radius 3 is 1.40 bits per heavy atom. The van der Waals surface area contributed by atoms with Crippen LogP contribution in [0.15, 0.2) is 0 Å². The summed E-state index contributed by atoms with van der Waals surface area (Å²) in [5, 5.41) is 13.2. The van der Waals surface area contributed by atoms with E-state index in [2.05, 4.69) is 37.1 Å². The molecule has 15 heavy (non-hydrogen) atoms. The van der Waals surface area contributed by atoms with E-state index in [0.29, 0.717) is 0 Å². The molecule has 0 aliphatic heterocycles. The molecule has 0 rings (SSSR count). The molecular formula is C10H29N3O2. The van der Waals surface area contributed by atoms with Crippen LogP contribution in [0.5, 0.6) is 0 Å². The predicted octanol–water partition coefficient (Wildman–Crippen LogP) is 0.507. The van der Waals surface area contributed by atoms with Gasteiger partial charge in [0.05, 0.1) is 6.54 Å². The molecule has 0 unspecified atom stereocenters. The fourth-order valence-corrected chi connectivity index (χ4v) is 0.151. The number of hydrogen-bond acceptors (Lipinski definition) is 4. The van der Waals surface area contributed by atoms with Gasteiger partial charge in [-0.2, -0.15) is 0 Å². The first kappa shape index (κ1) is 23.9. The lowest BCUT2D eigenvalue weighted by Crippen LogP contribution is -2.16. The van der Waals surface area contributed by atoms with E-state index >= 15 is 0 Å². The molecule has 0 atom stereocenters. The Bertz CT molecular complexity index is 88.7. The highest BCUT2D eigenvalue weighted by atomic mass is 16.4. The van der Waals surface area contributed by atoms with E-state index in [4.69, 9.17) is 5.11 Å². The maximum Gasteiger partial charge on any atom is 0.317 e. The summed E-state index contributed by atoms with van der Waals surface area (Å²) in [7, 11) is 5.02. The molecule has 0 saturated carbocycles. The van der Waals surface area contributed by atoms with Crippen molar-refractivity contribution in [3.05, 3.63) is 0 Å². The average molecular weight is 223 g/mol. The van der Waals surface area contributed by atoms with E-state index in [9.17, 15) is 4.79 Å². The van der Waals surface area contributed by atoms with Crippen LogP contribution in [0.4, 0.5) is 0 Å². The fourth-order valence-electron chi connectivity index (χ4n) is 0.151. The monoisotopic (exact) mass is 223 g/mol. The first-order valence-electron chi connectivity index (χ1n) is 5.19. The minimum atomic E-state index is -0.822. The maximum absolute atomic E-state index is 9.54. The van der Waals surface area contributed by atoms with E-state index in [1.165, 1.54) is 13.5 Å². The van der Waals surface area contributed by atoms with Crippen molar-refractivity contribution >= 4 is 5.97 Å². The number of likely N-dealkylation sites (N-methyl/N-ethyl adjacent to an activating group) is 1. The van der Waals surface area contributed by atoms with E-state index < -0.39 is 5.97 Å². The highest BCUT2D eigenvalue weighted by Gasteiger charge is 1.86. The Morgan fingerprint density at radius 2 is 1.40 bits per heavy atom. The maximum atomic E-state index is 9.54. The second-order valence-electron chi connectivity index (χ2n) is 2.34. The highest BCUT2D eigenvalue weighted by Crippen LogP contribution is 1.56. The SMILES string of the molecule is CCC.CCNC.CN.CNCC(=O)O. The van der Waals surface area contributed by atoms with Gasteiger partial charge in [0, 0.05) is 0 Å². The number of carboxylic acids is 1. The zero-order chi connectivity index (χ0) is 13.1. The smallest absolute Gasteiger partial charge is 0.317 e. The molecule has 0 aliphatic carbocycles. The summed E-state index contributed by atoms with van der Waals surface area (Å²) < 4.78 is 0. The van der Waals surface area contributed by atoms with Crippen LogP contribution in [0, 0.1) is 0 Å². The number of aliphatic carboxylic acids is 1. The molecule has 5 heteroatoms. The summed E-state index contributed by atoms with van der Waals surface area (Å²) in [6.07, 6.45) is 1.25. The van der Waals surface area contributed by atoms with Gasteiger partial charge in [-0.1, -0.05) is 27.2 Å². The van der Waals surface area contributed by atoms with Crippen LogP contribution < -0.4 is 16.4 Å². The minimum absolute atomic E-state index is 0.0417. The first-order chi connectivity index (χ1) is 7.10. The predicted molar refractivity (Wildman–Crippen MR) is 67.2 cm³/mol. The minimum Gasteiger partial charge on any atom is -0.480 e. The van der Waals surface area contributed by atoms with Crippen LogP contribution in [-0.2, 0) is 4.79 Å². The summed E-state index contributed by atoms with van der Waals surface area (Å²) in [4.78, 5) is 9.54. The molecule has 0 bridgehead atoms. The van der Waals surface area contributed by atoms with Crippen LogP contribution in [-0.4, -0.2) is 45.3 Å². The lowest BCUT2D eigenvalue weighted by molar-refractivity contribution is -0.135. The Morgan fingerprint density at radius 1 is 1.13 bits per heavy atom. The van der Waals surface area contributed by atoms with E-state index in [1.807, 2.05) is 7.05 Å². The molecule has 0 aromatic heterocycles. The molecule has 0 radical (unpaired) electrons. The molecule has 0 aromatic carbocycles. The third kappa shape index (κ3) is 153. The van der Waals surface area contributed by atoms with Crippen molar-refractivity contribution in [3.8, 4) is 0 Å². The summed E-state index contributed by atoms with van der Waals surface area (Å²) in [6.45, 7) is 7.43. The van der Waals surface area contributed by atoms with E-state index in [1.54, 1.807) is 7.05 Å². The zero-order valence-corrected chi connectivity index (χ0v) is 11.1. The molecule has 0 amide bonds. The summed E-state index contributed by atoms with van der Waals surface area (Å²) >= 11 is 0. The summed E-state index contributed by atoms with van der Waals surface area (Å²) in [6, 6.07) is 0. The molecular weight excluding hydrogens is 194 g/mol. The normalized spacial score (nSPS) is 6.87. The van der Waals surface area contributed by atoms with Crippen molar-refractivity contribution in [3.63, 3.8) is 0 Å². The lowest BCUT2D eigenvalue weighted by atomic mass is 10.6. The van der Waals surface area contributed by atoms with Gasteiger partial charge in [-0.25, -0.2) is 0 Å². The zero-order valence-electron chi connectivity index (χ0n) is 11.1. The number of carboxylic acid groups (broad SMARTS) is 1. The second-order valence-corrected chi connectivity index (χ2v) is 2.34. The number of nitrogens with two attached hydrogens (primary N) is 1. The second kappa shape index (κ2) is 37.7. The fraction of sp³-hybridized carbons (Fsp3) is 0.900. The summed E-state index contributed by atoms with van der Waals surface area (Å²) in [5.74, 6) is -0.822. The van der Waals surface area contributed by atoms with Gasteiger partial charge in [0.15, 0.2) is 0 Å². The first-order valence-corrected chi connectivity index (χ1v) is 5.19. The van der Waals surface area contributed by atoms with E-state index in [-0.39, 0.29) is 6.54 Å². The van der Waals surface area contributed by atoms with Gasteiger partial charge in [-0.05, 0) is 27.7 Å². The number of hydrogen-bond donors (Lipinski definition) is 4. The molecule has 5 N–H and O–H groups in total. The molecule has 0 fully saturated rings. The third-order valence-electron chi connectivity index (χ3n) is 0.682. The molecule has 0 spiro atoms. The van der Waals surface area contributed by atoms with Gasteiger partial charge < -0.3 is 21.5 Å². The largest absolute Gasteiger partial charge is 0.480 e. The van der Waals surface area contributed by atoms with Crippen LogP contribution >= 0.6 is 0 Å². The van der Waals surface area contributed by atoms with Crippen molar-refractivity contribution in [2.24, 2.45) is 5.73 Å². The lowest BCUT2D eigenvalue weighted by Gasteiger charge is -1.84. The van der Waals surface area contributed by atoms with Gasteiger partial charge in [-0.15, -0.1) is 0 Å². The quantitative estimate of drug-likeness (QED) is 0.560. The Hall–Kier alpha value is -0.650. The van der Waals surface area contributed by atoms with Crippen LogP contribution in [0.3, 0.4) is 0 Å². The highest BCUT2D eigenvalue weighted by molar-refractivity contribution is 5.68. The van der Waals surface area contributed by atoms with Crippen LogP contribution in [0.1, 0.15) is 27.2 Å². The topological polar surface area (TPSA) is 87.4 Å². The average Bonchev–Trinajstić information content (AvgIpc) is 2.22. The van der Waals surface area contributed by atoms with Gasteiger partial charge >= 0.3 is 5.97 Å². The molecule has 0 aromatic rings. The van der Waals surface area contributed by atoms with Crippen molar-refractivity contribution in [1.29, 1.82) is 0 Å². The van der Waals surface area contributed by atoms with Crippen molar-refractivity contribution in [1.82, 2.24) is 10.6 Å². The molecule has 96 valence electrons. The third-order valence-corrected chi connectivity index (χ3v) is 0.682. The van der Waals surface area contributed by atoms with Crippen molar-refractivity contribution in [2.75, 3.05) is 34.2 Å². The van der Waals surface area contributed by atoms with Crippen LogP contribution in [0.2, 0.25) is 0 Å². The molecule has 0 heterocycles. The number of nitrogens with one attached hydrogen (secondary N) is 2. The van der Waals surface area contributed by atoms with Gasteiger partial charge in [0.2, 0.25) is 0 Å². The van der Waals surface area contributed by atoms with Gasteiger partial charge in [-0.3, -0.25) is 4.79 Å². The Kier molecular flexibility index (Phi) is 60.0. The van der Waals surface area contributed by atoms with Crippen molar-refractivity contribution < 1.29 is 9.90 Å². The van der Waals surface area contributed by atoms with Gasteiger partial charge in [0.1, 0.15) is 0 Å². The Labute approximate surface area is 94.4 Å². The molecule has 0 saturated heterocycles.